The smallest absolute Gasteiger partial charge is 0.255 e. The first-order valence-corrected chi connectivity index (χ1v) is 9.13. The number of pyridine rings is 1. The van der Waals surface area contributed by atoms with E-state index >= 15 is 0 Å². The van der Waals surface area contributed by atoms with Crippen molar-refractivity contribution in [2.24, 2.45) is 10.8 Å². The summed E-state index contributed by atoms with van der Waals surface area (Å²) in [7, 11) is 0. The molecule has 0 radical (unpaired) electrons. The summed E-state index contributed by atoms with van der Waals surface area (Å²) in [5.41, 5.74) is 0.614. The normalized spacial score (nSPS) is 20.1. The van der Waals surface area contributed by atoms with Crippen molar-refractivity contribution in [2.75, 3.05) is 13.1 Å². The Morgan fingerprint density at radius 3 is 2.74 bits per heavy atom. The predicted octanol–water partition coefficient (Wildman–Crippen LogP) is 3.78. The van der Waals surface area contributed by atoms with Crippen molar-refractivity contribution in [3.8, 4) is 6.07 Å². The first-order valence-electron chi connectivity index (χ1n) is 8.75. The van der Waals surface area contributed by atoms with E-state index in [1.165, 1.54) is 0 Å². The Bertz CT molecular complexity index is 1060. The summed E-state index contributed by atoms with van der Waals surface area (Å²) in [6.07, 6.45) is 3.98. The molecule has 2 aromatic rings. The number of allylic oxidation sites excluding steroid dienone is 1. The zero-order valence-electron chi connectivity index (χ0n) is 15.1. The molecule has 1 fully saturated rings. The Labute approximate surface area is 162 Å². The van der Waals surface area contributed by atoms with Gasteiger partial charge in [-0.05, 0) is 30.7 Å². The van der Waals surface area contributed by atoms with E-state index in [4.69, 9.17) is 11.6 Å². The fraction of sp³-hybridized carbons (Fsp3) is 0.333. The van der Waals surface area contributed by atoms with E-state index in [2.05, 4.69) is 4.98 Å². The fourth-order valence-corrected chi connectivity index (χ4v) is 4.47. The zero-order valence-corrected chi connectivity index (χ0v) is 15.9. The molecular formula is C21H18ClN3O2. The van der Waals surface area contributed by atoms with Gasteiger partial charge in [0.15, 0.2) is 5.78 Å². The van der Waals surface area contributed by atoms with Crippen LogP contribution in [0, 0.1) is 22.2 Å². The highest BCUT2D eigenvalue weighted by Crippen LogP contribution is 2.48. The van der Waals surface area contributed by atoms with Gasteiger partial charge in [-0.3, -0.25) is 14.6 Å². The van der Waals surface area contributed by atoms with E-state index < -0.39 is 5.41 Å². The minimum Gasteiger partial charge on any atom is -0.337 e. The quantitative estimate of drug-likeness (QED) is 0.755. The lowest BCUT2D eigenvalue weighted by atomic mass is 9.61. The Balaban J connectivity index is 1.57. The molecule has 27 heavy (non-hydrogen) atoms. The van der Waals surface area contributed by atoms with E-state index in [1.54, 1.807) is 35.4 Å². The molecule has 1 aromatic carbocycles. The number of Topliss-reactive ketones (excluding diaryl/α,β-unsaturated/α-hetero) is 1. The number of fused-ring (bicyclic) bond motifs is 1. The van der Waals surface area contributed by atoms with E-state index in [-0.39, 0.29) is 22.7 Å². The van der Waals surface area contributed by atoms with Gasteiger partial charge in [-0.25, -0.2) is 0 Å². The molecule has 2 heterocycles. The Morgan fingerprint density at radius 1 is 1.30 bits per heavy atom. The third-order valence-corrected chi connectivity index (χ3v) is 5.65. The SMILES string of the molecule is CC1(C)CC2(C=C(C#N)C1=O)CN(C(=O)c1cnc3ccc(Cl)cc3c1)C2. The summed E-state index contributed by atoms with van der Waals surface area (Å²) in [5, 5.41) is 10.7. The highest BCUT2D eigenvalue weighted by Gasteiger charge is 2.52. The summed E-state index contributed by atoms with van der Waals surface area (Å²) in [6.45, 7) is 4.73. The second-order valence-electron chi connectivity index (χ2n) is 8.14. The van der Waals surface area contributed by atoms with Crippen molar-refractivity contribution in [3.63, 3.8) is 0 Å². The molecule has 6 heteroatoms. The Morgan fingerprint density at radius 2 is 2.04 bits per heavy atom. The molecule has 1 aliphatic heterocycles. The molecule has 0 atom stereocenters. The predicted molar refractivity (Wildman–Crippen MR) is 102 cm³/mol. The minimum atomic E-state index is -0.587. The molecule has 0 N–H and O–H groups in total. The number of halogens is 1. The van der Waals surface area contributed by atoms with Gasteiger partial charge in [0.2, 0.25) is 0 Å². The van der Waals surface area contributed by atoms with Crippen LogP contribution in [0.1, 0.15) is 30.6 Å². The molecule has 1 amide bonds. The highest BCUT2D eigenvalue weighted by molar-refractivity contribution is 6.31. The highest BCUT2D eigenvalue weighted by atomic mass is 35.5. The summed E-state index contributed by atoms with van der Waals surface area (Å²) in [6, 6.07) is 9.19. The van der Waals surface area contributed by atoms with E-state index in [1.807, 2.05) is 26.0 Å². The van der Waals surface area contributed by atoms with Crippen LogP contribution in [0.15, 0.2) is 42.1 Å². The number of rotatable bonds is 1. The number of hydrogen-bond acceptors (Lipinski definition) is 4. The first-order chi connectivity index (χ1) is 12.7. The number of benzene rings is 1. The van der Waals surface area contributed by atoms with Crippen LogP contribution < -0.4 is 0 Å². The van der Waals surface area contributed by atoms with Gasteiger partial charge < -0.3 is 4.90 Å². The van der Waals surface area contributed by atoms with Crippen molar-refractivity contribution >= 4 is 34.2 Å². The number of amides is 1. The molecule has 5 nitrogen and oxygen atoms in total. The molecule has 0 saturated carbocycles. The maximum absolute atomic E-state index is 12.9. The van der Waals surface area contributed by atoms with Gasteiger partial charge in [0.1, 0.15) is 6.07 Å². The van der Waals surface area contributed by atoms with Crippen LogP contribution in [-0.4, -0.2) is 34.7 Å². The number of likely N-dealkylation sites (tertiary alicyclic amines) is 1. The van der Waals surface area contributed by atoms with Gasteiger partial charge >= 0.3 is 0 Å². The van der Waals surface area contributed by atoms with Crippen molar-refractivity contribution in [1.82, 2.24) is 9.88 Å². The van der Waals surface area contributed by atoms with Crippen LogP contribution in [0.2, 0.25) is 5.02 Å². The Hall–Kier alpha value is -2.71. The van der Waals surface area contributed by atoms with Crippen LogP contribution in [0.25, 0.3) is 10.9 Å². The second-order valence-corrected chi connectivity index (χ2v) is 8.58. The molecule has 136 valence electrons. The third kappa shape index (κ3) is 2.90. The zero-order chi connectivity index (χ0) is 19.4. The van der Waals surface area contributed by atoms with Gasteiger partial charge in [-0.2, -0.15) is 5.26 Å². The average molecular weight is 380 g/mol. The maximum Gasteiger partial charge on any atom is 0.255 e. The number of ketones is 1. The van der Waals surface area contributed by atoms with Crippen LogP contribution in [0.5, 0.6) is 0 Å². The molecular weight excluding hydrogens is 362 g/mol. The summed E-state index contributed by atoms with van der Waals surface area (Å²) in [4.78, 5) is 31.2. The second kappa shape index (κ2) is 5.90. The molecule has 1 aliphatic carbocycles. The molecule has 0 unspecified atom stereocenters. The summed E-state index contributed by atoms with van der Waals surface area (Å²) < 4.78 is 0. The molecule has 1 aromatic heterocycles. The van der Waals surface area contributed by atoms with Crippen molar-refractivity contribution in [3.05, 3.63) is 52.7 Å². The lowest BCUT2D eigenvalue weighted by Crippen LogP contribution is -2.60. The number of carbonyl (C=O) groups is 2. The minimum absolute atomic E-state index is 0.100. The number of carbonyl (C=O) groups excluding carboxylic acids is 2. The fourth-order valence-electron chi connectivity index (χ4n) is 4.29. The standard InChI is InChI=1S/C21H18ClN3O2/c1-20(2)10-21(7-15(8-23)18(20)26)11-25(12-21)19(27)14-5-13-6-16(22)3-4-17(13)24-9-14/h3-7,9H,10-12H2,1-2H3. The summed E-state index contributed by atoms with van der Waals surface area (Å²) in [5.74, 6) is -0.215. The molecule has 1 saturated heterocycles. The lowest BCUT2D eigenvalue weighted by Gasteiger charge is -2.53. The number of hydrogen-bond donors (Lipinski definition) is 0. The van der Waals surface area contributed by atoms with Gasteiger partial charge in [-0.15, -0.1) is 0 Å². The van der Waals surface area contributed by atoms with Crippen LogP contribution in [0.4, 0.5) is 0 Å². The average Bonchev–Trinajstić information content (AvgIpc) is 2.60. The lowest BCUT2D eigenvalue weighted by molar-refractivity contribution is -0.127. The molecule has 4 rings (SSSR count). The summed E-state index contributed by atoms with van der Waals surface area (Å²) >= 11 is 6.03. The third-order valence-electron chi connectivity index (χ3n) is 5.41. The van der Waals surface area contributed by atoms with Crippen LogP contribution in [-0.2, 0) is 4.79 Å². The van der Waals surface area contributed by atoms with Crippen molar-refractivity contribution < 1.29 is 9.59 Å². The van der Waals surface area contributed by atoms with Crippen LogP contribution in [0.3, 0.4) is 0 Å². The molecule has 2 aliphatic rings. The maximum atomic E-state index is 12.9. The largest absolute Gasteiger partial charge is 0.337 e. The van der Waals surface area contributed by atoms with E-state index in [9.17, 15) is 14.9 Å². The topological polar surface area (TPSA) is 74.1 Å². The van der Waals surface area contributed by atoms with Crippen LogP contribution >= 0.6 is 11.6 Å². The molecule has 1 spiro atoms. The van der Waals surface area contributed by atoms with Gasteiger partial charge in [-0.1, -0.05) is 31.5 Å². The van der Waals surface area contributed by atoms with Gasteiger partial charge in [0.25, 0.3) is 5.91 Å². The molecule has 0 bridgehead atoms. The van der Waals surface area contributed by atoms with Gasteiger partial charge in [0.05, 0.1) is 16.7 Å². The van der Waals surface area contributed by atoms with E-state index in [0.29, 0.717) is 30.1 Å². The first kappa shape index (κ1) is 17.7. The Kier molecular flexibility index (Phi) is 3.87. The number of aromatic nitrogens is 1. The monoisotopic (exact) mass is 379 g/mol. The van der Waals surface area contributed by atoms with Crippen molar-refractivity contribution in [1.29, 1.82) is 5.26 Å². The number of nitriles is 1. The van der Waals surface area contributed by atoms with Crippen molar-refractivity contribution in [2.45, 2.75) is 20.3 Å². The van der Waals surface area contributed by atoms with E-state index in [0.717, 1.165) is 10.9 Å². The number of nitrogens with zero attached hydrogens (tertiary/aromatic N) is 3. The van der Waals surface area contributed by atoms with Gasteiger partial charge in [0, 0.05) is 40.5 Å².